The number of benzene rings is 2. The van der Waals surface area contributed by atoms with E-state index in [0.29, 0.717) is 11.6 Å². The highest BCUT2D eigenvalue weighted by Crippen LogP contribution is 2.28. The number of hydrogen-bond donors (Lipinski definition) is 1. The summed E-state index contributed by atoms with van der Waals surface area (Å²) < 4.78 is 6.76. The lowest BCUT2D eigenvalue weighted by Gasteiger charge is -2.09. The number of ether oxygens (including phenoxy) is 1. The molecule has 0 bridgehead atoms. The Morgan fingerprint density at radius 1 is 1.05 bits per heavy atom. The predicted octanol–water partition coefficient (Wildman–Crippen LogP) is 4.08. The van der Waals surface area contributed by atoms with E-state index in [1.165, 1.54) is 0 Å². The van der Waals surface area contributed by atoms with Gasteiger partial charge in [-0.05, 0) is 42.8 Å². The third kappa shape index (κ3) is 2.44. The van der Waals surface area contributed by atoms with Gasteiger partial charge in [-0.25, -0.2) is 9.97 Å². The molecule has 0 saturated heterocycles. The number of anilines is 1. The maximum absolute atomic E-state index is 5.89. The van der Waals surface area contributed by atoms with Crippen LogP contribution in [0.15, 0.2) is 46.9 Å². The number of rotatable bonds is 2. The standard InChI is InChI=1S/C15H12BrN3O/c1-9-8-10(6-7-11(9)16)20-15-14(17)18-12-4-2-3-5-13(12)19-15/h2-8H,1H3,(H2,17,18). The molecule has 2 aromatic carbocycles. The summed E-state index contributed by atoms with van der Waals surface area (Å²) in [7, 11) is 0. The fourth-order valence-electron chi connectivity index (χ4n) is 1.86. The molecule has 0 atom stereocenters. The van der Waals surface area contributed by atoms with Crippen molar-refractivity contribution in [1.82, 2.24) is 9.97 Å². The predicted molar refractivity (Wildman–Crippen MR) is 82.9 cm³/mol. The van der Waals surface area contributed by atoms with Gasteiger partial charge in [0.2, 0.25) is 0 Å². The Balaban J connectivity index is 2.01. The van der Waals surface area contributed by atoms with E-state index >= 15 is 0 Å². The zero-order valence-electron chi connectivity index (χ0n) is 10.8. The summed E-state index contributed by atoms with van der Waals surface area (Å²) in [6, 6.07) is 13.2. The number of hydrogen-bond acceptors (Lipinski definition) is 4. The normalized spacial score (nSPS) is 10.7. The third-order valence-corrected chi connectivity index (χ3v) is 3.80. The molecule has 4 nitrogen and oxygen atoms in total. The average Bonchev–Trinajstić information content (AvgIpc) is 2.44. The highest BCUT2D eigenvalue weighted by Gasteiger charge is 2.08. The van der Waals surface area contributed by atoms with Crippen LogP contribution in [0.1, 0.15) is 5.56 Å². The first-order valence-electron chi connectivity index (χ1n) is 6.10. The second-order valence-corrected chi connectivity index (χ2v) is 5.27. The monoisotopic (exact) mass is 329 g/mol. The lowest BCUT2D eigenvalue weighted by Crippen LogP contribution is -1.99. The molecule has 1 aromatic heterocycles. The average molecular weight is 330 g/mol. The fraction of sp³-hybridized carbons (Fsp3) is 0.0667. The number of fused-ring (bicyclic) bond motifs is 1. The highest BCUT2D eigenvalue weighted by atomic mass is 79.9. The molecule has 0 aliphatic carbocycles. The zero-order valence-corrected chi connectivity index (χ0v) is 12.4. The molecule has 3 rings (SSSR count). The molecule has 3 aromatic rings. The van der Waals surface area contributed by atoms with E-state index in [2.05, 4.69) is 25.9 Å². The number of nitrogens with two attached hydrogens (primary N) is 1. The lowest BCUT2D eigenvalue weighted by atomic mass is 10.2. The Morgan fingerprint density at radius 2 is 1.75 bits per heavy atom. The molecule has 0 aliphatic rings. The Hall–Kier alpha value is -2.14. The van der Waals surface area contributed by atoms with Gasteiger partial charge in [0.05, 0.1) is 11.0 Å². The van der Waals surface area contributed by atoms with Crippen molar-refractivity contribution >= 4 is 32.8 Å². The topological polar surface area (TPSA) is 61.0 Å². The van der Waals surface area contributed by atoms with Gasteiger partial charge < -0.3 is 10.5 Å². The first-order chi connectivity index (χ1) is 9.63. The van der Waals surface area contributed by atoms with Gasteiger partial charge in [-0.2, -0.15) is 0 Å². The molecule has 0 aliphatic heterocycles. The molecule has 0 radical (unpaired) electrons. The minimum atomic E-state index is 0.282. The van der Waals surface area contributed by atoms with Crippen LogP contribution >= 0.6 is 15.9 Å². The van der Waals surface area contributed by atoms with Crippen molar-refractivity contribution in [2.45, 2.75) is 6.92 Å². The Bertz CT molecular complexity index is 789. The second kappa shape index (κ2) is 5.09. The summed E-state index contributed by atoms with van der Waals surface area (Å²) in [6.07, 6.45) is 0. The van der Waals surface area contributed by atoms with E-state index in [-0.39, 0.29) is 5.82 Å². The molecule has 0 saturated carbocycles. The molecule has 1 heterocycles. The quantitative estimate of drug-likeness (QED) is 0.769. The van der Waals surface area contributed by atoms with Crippen molar-refractivity contribution in [2.24, 2.45) is 0 Å². The Kier molecular flexibility index (Phi) is 3.28. The van der Waals surface area contributed by atoms with Crippen LogP contribution in [0.2, 0.25) is 0 Å². The summed E-state index contributed by atoms with van der Waals surface area (Å²) in [5.74, 6) is 1.29. The molecular formula is C15H12BrN3O. The van der Waals surface area contributed by atoms with Gasteiger partial charge in [0, 0.05) is 4.47 Å². The molecule has 2 N–H and O–H groups in total. The Morgan fingerprint density at radius 3 is 2.45 bits per heavy atom. The molecule has 100 valence electrons. The van der Waals surface area contributed by atoms with Crippen molar-refractivity contribution in [1.29, 1.82) is 0 Å². The number of aryl methyl sites for hydroxylation is 1. The number of aromatic nitrogens is 2. The van der Waals surface area contributed by atoms with Crippen LogP contribution in [0.25, 0.3) is 11.0 Å². The number of halogens is 1. The summed E-state index contributed by atoms with van der Waals surface area (Å²) in [6.45, 7) is 1.99. The number of para-hydroxylation sites is 2. The summed E-state index contributed by atoms with van der Waals surface area (Å²) in [5.41, 5.74) is 8.48. The van der Waals surface area contributed by atoms with Crippen LogP contribution in [-0.4, -0.2) is 9.97 Å². The van der Waals surface area contributed by atoms with E-state index in [1.54, 1.807) is 0 Å². The summed E-state index contributed by atoms with van der Waals surface area (Å²) in [4.78, 5) is 8.69. The number of nitrogens with zero attached hydrogens (tertiary/aromatic N) is 2. The van der Waals surface area contributed by atoms with Crippen molar-refractivity contribution in [2.75, 3.05) is 5.73 Å². The maximum Gasteiger partial charge on any atom is 0.263 e. The van der Waals surface area contributed by atoms with Gasteiger partial charge >= 0.3 is 0 Å². The van der Waals surface area contributed by atoms with E-state index in [0.717, 1.165) is 21.1 Å². The summed E-state index contributed by atoms with van der Waals surface area (Å²) in [5, 5.41) is 0. The Labute approximate surface area is 124 Å². The van der Waals surface area contributed by atoms with Crippen LogP contribution in [0.5, 0.6) is 11.6 Å². The van der Waals surface area contributed by atoms with E-state index < -0.39 is 0 Å². The minimum Gasteiger partial charge on any atom is -0.436 e. The molecule has 0 unspecified atom stereocenters. The van der Waals surface area contributed by atoms with Crippen LogP contribution in [-0.2, 0) is 0 Å². The van der Waals surface area contributed by atoms with E-state index in [9.17, 15) is 0 Å². The van der Waals surface area contributed by atoms with Gasteiger partial charge in [0.25, 0.3) is 5.88 Å². The second-order valence-electron chi connectivity index (χ2n) is 4.42. The molecule has 5 heteroatoms. The van der Waals surface area contributed by atoms with Gasteiger partial charge in [-0.15, -0.1) is 0 Å². The molecule has 0 fully saturated rings. The van der Waals surface area contributed by atoms with Crippen LogP contribution in [0.4, 0.5) is 5.82 Å². The van der Waals surface area contributed by atoms with E-state index in [4.69, 9.17) is 10.5 Å². The molecule has 0 amide bonds. The first kappa shape index (κ1) is 12.9. The molecular weight excluding hydrogens is 318 g/mol. The minimum absolute atomic E-state index is 0.282. The van der Waals surface area contributed by atoms with Crippen LogP contribution < -0.4 is 10.5 Å². The van der Waals surface area contributed by atoms with Gasteiger partial charge in [0.1, 0.15) is 5.75 Å². The SMILES string of the molecule is Cc1cc(Oc2nc3ccccc3nc2N)ccc1Br. The third-order valence-electron chi connectivity index (χ3n) is 2.91. The van der Waals surface area contributed by atoms with Crippen molar-refractivity contribution in [3.8, 4) is 11.6 Å². The largest absolute Gasteiger partial charge is 0.436 e. The first-order valence-corrected chi connectivity index (χ1v) is 6.89. The lowest BCUT2D eigenvalue weighted by molar-refractivity contribution is 0.465. The molecule has 0 spiro atoms. The van der Waals surface area contributed by atoms with Gasteiger partial charge in [0.15, 0.2) is 5.82 Å². The maximum atomic E-state index is 5.89. The molecule has 20 heavy (non-hydrogen) atoms. The van der Waals surface area contributed by atoms with E-state index in [1.807, 2.05) is 49.4 Å². The zero-order chi connectivity index (χ0) is 14.1. The van der Waals surface area contributed by atoms with Crippen molar-refractivity contribution < 1.29 is 4.74 Å². The smallest absolute Gasteiger partial charge is 0.263 e. The highest BCUT2D eigenvalue weighted by molar-refractivity contribution is 9.10. The number of nitrogen functional groups attached to an aromatic ring is 1. The fourth-order valence-corrected chi connectivity index (χ4v) is 2.11. The van der Waals surface area contributed by atoms with Crippen molar-refractivity contribution in [3.05, 3.63) is 52.5 Å². The van der Waals surface area contributed by atoms with Crippen molar-refractivity contribution in [3.63, 3.8) is 0 Å². The van der Waals surface area contributed by atoms with Gasteiger partial charge in [-0.3, -0.25) is 0 Å². The summed E-state index contributed by atoms with van der Waals surface area (Å²) >= 11 is 3.45. The van der Waals surface area contributed by atoms with Crippen LogP contribution in [0, 0.1) is 6.92 Å². The van der Waals surface area contributed by atoms with Crippen LogP contribution in [0.3, 0.4) is 0 Å². The van der Waals surface area contributed by atoms with Gasteiger partial charge in [-0.1, -0.05) is 28.1 Å².